The average molecular weight is 270 g/mol. The Kier molecular flexibility index (Phi) is 4.57. The highest BCUT2D eigenvalue weighted by molar-refractivity contribution is 5.45. The van der Waals surface area contributed by atoms with E-state index in [1.165, 1.54) is 12.1 Å². The van der Waals surface area contributed by atoms with Crippen LogP contribution in [-0.4, -0.2) is 38.0 Å². The number of likely N-dealkylation sites (N-methyl/N-ethyl adjacent to an activating group) is 1. The second kappa shape index (κ2) is 6.18. The fourth-order valence-corrected chi connectivity index (χ4v) is 2.16. The third kappa shape index (κ3) is 2.97. The fourth-order valence-electron chi connectivity index (χ4n) is 2.16. The summed E-state index contributed by atoms with van der Waals surface area (Å²) in [5, 5.41) is 13.2. The summed E-state index contributed by atoms with van der Waals surface area (Å²) in [5.74, 6) is 0.331. The van der Waals surface area contributed by atoms with Crippen LogP contribution in [0.4, 0.5) is 4.39 Å². The molecule has 2 rings (SSSR count). The number of hydrogen-bond donors (Lipinski definition) is 3. The van der Waals surface area contributed by atoms with Crippen LogP contribution in [0.25, 0.3) is 0 Å². The van der Waals surface area contributed by atoms with Crippen molar-refractivity contribution in [3.63, 3.8) is 0 Å². The number of rotatable bonds is 5. The van der Waals surface area contributed by atoms with Gasteiger partial charge in [0.15, 0.2) is 11.5 Å². The summed E-state index contributed by atoms with van der Waals surface area (Å²) in [4.78, 5) is 0. The summed E-state index contributed by atoms with van der Waals surface area (Å²) in [5.41, 5.74) is 5.67. The van der Waals surface area contributed by atoms with E-state index in [1.807, 2.05) is 0 Å². The smallest absolute Gasteiger partial charge is 0.164 e. The number of benzene rings is 1. The summed E-state index contributed by atoms with van der Waals surface area (Å²) in [6, 6.07) is 2.44. The lowest BCUT2D eigenvalue weighted by Gasteiger charge is -2.25. The molecule has 106 valence electrons. The monoisotopic (exact) mass is 270 g/mol. The maximum atomic E-state index is 14.0. The number of hydrogen-bond acceptors (Lipinski definition) is 5. The molecule has 0 fully saturated rings. The Hall–Kier alpha value is -1.37. The lowest BCUT2D eigenvalue weighted by atomic mass is 9.98. The number of fused-ring (bicyclic) bond motifs is 1. The Morgan fingerprint density at radius 1 is 1.37 bits per heavy atom. The lowest BCUT2D eigenvalue weighted by molar-refractivity contribution is 0.122. The highest BCUT2D eigenvalue weighted by Gasteiger charge is 2.25. The third-order valence-electron chi connectivity index (χ3n) is 3.21. The van der Waals surface area contributed by atoms with E-state index >= 15 is 0 Å². The van der Waals surface area contributed by atoms with Crippen molar-refractivity contribution in [1.29, 1.82) is 0 Å². The van der Waals surface area contributed by atoms with Gasteiger partial charge in [-0.05, 0) is 26.1 Å². The van der Waals surface area contributed by atoms with E-state index in [9.17, 15) is 9.50 Å². The van der Waals surface area contributed by atoms with Crippen LogP contribution >= 0.6 is 0 Å². The Balaban J connectivity index is 2.28. The van der Waals surface area contributed by atoms with Crippen LogP contribution in [0.15, 0.2) is 12.1 Å². The van der Waals surface area contributed by atoms with Crippen molar-refractivity contribution >= 4 is 0 Å². The van der Waals surface area contributed by atoms with Gasteiger partial charge < -0.3 is 25.6 Å². The number of aliphatic hydroxyl groups excluding tert-OH is 1. The van der Waals surface area contributed by atoms with Gasteiger partial charge in [0, 0.05) is 17.7 Å². The number of halogens is 1. The molecule has 0 spiro atoms. The second-order valence-corrected chi connectivity index (χ2v) is 4.43. The Bertz CT molecular complexity index is 442. The summed E-state index contributed by atoms with van der Waals surface area (Å²) in [6.07, 6.45) is -0.435. The Labute approximate surface area is 111 Å². The minimum absolute atomic E-state index is 0.192. The first kappa shape index (κ1) is 14.0. The van der Waals surface area contributed by atoms with E-state index in [-0.39, 0.29) is 11.6 Å². The van der Waals surface area contributed by atoms with Gasteiger partial charge in [0.05, 0.1) is 6.10 Å². The van der Waals surface area contributed by atoms with Gasteiger partial charge >= 0.3 is 0 Å². The first-order chi connectivity index (χ1) is 9.17. The zero-order valence-electron chi connectivity index (χ0n) is 10.9. The molecule has 5 nitrogen and oxygen atoms in total. The molecule has 19 heavy (non-hydrogen) atoms. The van der Waals surface area contributed by atoms with Crippen LogP contribution in [0.5, 0.6) is 11.5 Å². The minimum Gasteiger partial charge on any atom is -0.486 e. The molecule has 1 heterocycles. The van der Waals surface area contributed by atoms with E-state index in [4.69, 9.17) is 15.2 Å². The number of nitrogens with one attached hydrogen (secondary N) is 1. The molecule has 0 aliphatic carbocycles. The van der Waals surface area contributed by atoms with Crippen LogP contribution in [-0.2, 0) is 0 Å². The summed E-state index contributed by atoms with van der Waals surface area (Å²) in [7, 11) is 1.71. The fraction of sp³-hybridized carbons (Fsp3) is 0.538. The SMILES string of the molecule is CNC(CCN)C(O)c1cc2c(cc1F)OCCO2. The first-order valence-corrected chi connectivity index (χ1v) is 6.31. The summed E-state index contributed by atoms with van der Waals surface area (Å²) in [6.45, 7) is 1.24. The van der Waals surface area contributed by atoms with Crippen molar-refractivity contribution in [3.8, 4) is 11.5 Å². The molecule has 0 saturated heterocycles. The molecule has 0 aromatic heterocycles. The van der Waals surface area contributed by atoms with Crippen LogP contribution in [0.1, 0.15) is 18.1 Å². The minimum atomic E-state index is -0.982. The molecule has 0 amide bonds. The van der Waals surface area contributed by atoms with E-state index in [1.54, 1.807) is 7.05 Å². The van der Waals surface area contributed by atoms with Crippen LogP contribution < -0.4 is 20.5 Å². The molecule has 4 N–H and O–H groups in total. The molecule has 1 aliphatic rings. The second-order valence-electron chi connectivity index (χ2n) is 4.43. The van der Waals surface area contributed by atoms with E-state index < -0.39 is 11.9 Å². The van der Waals surface area contributed by atoms with Gasteiger partial charge in [-0.2, -0.15) is 0 Å². The number of ether oxygens (including phenoxy) is 2. The molecule has 1 aromatic carbocycles. The average Bonchev–Trinajstić information content (AvgIpc) is 2.43. The van der Waals surface area contributed by atoms with Gasteiger partial charge in [0.2, 0.25) is 0 Å². The standard InChI is InChI=1S/C13H19FN2O3/c1-16-10(2-3-15)13(17)8-6-11-12(7-9(8)14)19-5-4-18-11/h6-7,10,13,16-17H,2-5,15H2,1H3. The van der Waals surface area contributed by atoms with Gasteiger partial charge in [-0.15, -0.1) is 0 Å². The van der Waals surface area contributed by atoms with E-state index in [0.29, 0.717) is 37.7 Å². The zero-order valence-corrected chi connectivity index (χ0v) is 10.9. The van der Waals surface area contributed by atoms with Gasteiger partial charge in [-0.25, -0.2) is 4.39 Å². The highest BCUT2D eigenvalue weighted by atomic mass is 19.1. The largest absolute Gasteiger partial charge is 0.486 e. The summed E-state index contributed by atoms with van der Waals surface area (Å²) >= 11 is 0. The molecule has 0 saturated carbocycles. The summed E-state index contributed by atoms with van der Waals surface area (Å²) < 4.78 is 24.7. The van der Waals surface area contributed by atoms with E-state index in [2.05, 4.69) is 5.32 Å². The lowest BCUT2D eigenvalue weighted by Crippen LogP contribution is -2.34. The van der Waals surface area contributed by atoms with Crippen LogP contribution in [0.3, 0.4) is 0 Å². The molecule has 1 aromatic rings. The van der Waals surface area contributed by atoms with Crippen molar-refractivity contribution in [2.75, 3.05) is 26.8 Å². The molecule has 2 atom stereocenters. The van der Waals surface area contributed by atoms with Crippen molar-refractivity contribution in [2.45, 2.75) is 18.6 Å². The van der Waals surface area contributed by atoms with Crippen LogP contribution in [0.2, 0.25) is 0 Å². The molecular formula is C13H19FN2O3. The number of aliphatic hydroxyl groups is 1. The molecular weight excluding hydrogens is 251 g/mol. The normalized spacial score (nSPS) is 17.1. The molecule has 1 aliphatic heterocycles. The van der Waals surface area contributed by atoms with Crippen molar-refractivity contribution < 1.29 is 19.0 Å². The highest BCUT2D eigenvalue weighted by Crippen LogP contribution is 2.35. The van der Waals surface area contributed by atoms with Gasteiger partial charge in [-0.1, -0.05) is 0 Å². The van der Waals surface area contributed by atoms with Crippen LogP contribution in [0, 0.1) is 5.82 Å². The maximum absolute atomic E-state index is 14.0. The predicted octanol–water partition coefficient (Wildman–Crippen LogP) is 0.567. The Morgan fingerprint density at radius 3 is 2.58 bits per heavy atom. The van der Waals surface area contributed by atoms with E-state index in [0.717, 1.165) is 0 Å². The maximum Gasteiger partial charge on any atom is 0.164 e. The van der Waals surface area contributed by atoms with Crippen molar-refractivity contribution in [3.05, 3.63) is 23.5 Å². The molecule has 0 radical (unpaired) electrons. The molecule has 2 unspecified atom stereocenters. The molecule has 0 bridgehead atoms. The van der Waals surface area contributed by atoms with Gasteiger partial charge in [0.25, 0.3) is 0 Å². The first-order valence-electron chi connectivity index (χ1n) is 6.31. The predicted molar refractivity (Wildman–Crippen MR) is 68.9 cm³/mol. The topological polar surface area (TPSA) is 76.7 Å². The zero-order chi connectivity index (χ0) is 13.8. The van der Waals surface area contributed by atoms with Crippen molar-refractivity contribution in [2.24, 2.45) is 5.73 Å². The van der Waals surface area contributed by atoms with Gasteiger partial charge in [-0.3, -0.25) is 0 Å². The van der Waals surface area contributed by atoms with Crippen molar-refractivity contribution in [1.82, 2.24) is 5.32 Å². The quantitative estimate of drug-likeness (QED) is 0.729. The Morgan fingerprint density at radius 2 is 2.00 bits per heavy atom. The number of nitrogens with two attached hydrogens (primary N) is 1. The third-order valence-corrected chi connectivity index (χ3v) is 3.21. The van der Waals surface area contributed by atoms with Gasteiger partial charge in [0.1, 0.15) is 19.0 Å². The molecule has 6 heteroatoms.